The molecule has 0 saturated heterocycles. The van der Waals surface area contributed by atoms with E-state index in [-0.39, 0.29) is 0 Å². The normalized spacial score (nSPS) is 10.2. The number of alkyl halides is 1. The number of rotatable bonds is 11. The van der Waals surface area contributed by atoms with Crippen molar-refractivity contribution in [3.05, 3.63) is 33.3 Å². The van der Waals surface area contributed by atoms with E-state index in [4.69, 9.17) is 23.2 Å². The largest absolute Gasteiger partial charge is 0.465 e. The van der Waals surface area contributed by atoms with Crippen LogP contribution in [0.1, 0.15) is 87.1 Å². The molecule has 2 nitrogen and oxygen atoms in total. The molecule has 0 amide bonds. The van der Waals surface area contributed by atoms with Gasteiger partial charge in [0.2, 0.25) is 0 Å². The molecule has 5 heteroatoms. The lowest BCUT2D eigenvalue weighted by molar-refractivity contribution is 0.0600. The highest BCUT2D eigenvalue weighted by Crippen LogP contribution is 2.25. The van der Waals surface area contributed by atoms with Crippen LogP contribution < -0.4 is 0 Å². The van der Waals surface area contributed by atoms with Crippen LogP contribution in [0.4, 0.5) is 0 Å². The zero-order chi connectivity index (χ0) is 19.8. The Morgan fingerprint density at radius 3 is 1.73 bits per heavy atom. The van der Waals surface area contributed by atoms with E-state index in [1.54, 1.807) is 6.92 Å². The van der Waals surface area contributed by atoms with Gasteiger partial charge in [0.15, 0.2) is 0 Å². The van der Waals surface area contributed by atoms with Crippen LogP contribution >= 0.6 is 39.1 Å². The van der Waals surface area contributed by atoms with Crippen molar-refractivity contribution >= 4 is 45.1 Å². The van der Waals surface area contributed by atoms with Gasteiger partial charge in [0.1, 0.15) is 0 Å². The highest BCUT2D eigenvalue weighted by molar-refractivity contribution is 9.09. The van der Waals surface area contributed by atoms with Crippen LogP contribution in [0.25, 0.3) is 0 Å². The van der Waals surface area contributed by atoms with Crippen molar-refractivity contribution in [3.8, 4) is 0 Å². The monoisotopic (exact) mass is 466 g/mol. The number of carbonyl (C=O) groups is 1. The predicted octanol–water partition coefficient (Wildman–Crippen LogP) is 8.39. The van der Waals surface area contributed by atoms with Crippen molar-refractivity contribution in [1.29, 1.82) is 0 Å². The van der Waals surface area contributed by atoms with E-state index in [1.165, 1.54) is 88.8 Å². The van der Waals surface area contributed by atoms with Crippen molar-refractivity contribution in [2.24, 2.45) is 0 Å². The van der Waals surface area contributed by atoms with E-state index in [0.29, 0.717) is 15.6 Å². The molecule has 0 N–H and O–H groups in total. The van der Waals surface area contributed by atoms with Gasteiger partial charge < -0.3 is 4.74 Å². The molecule has 150 valence electrons. The lowest BCUT2D eigenvalue weighted by Crippen LogP contribution is -2.01. The summed E-state index contributed by atoms with van der Waals surface area (Å²) in [7, 11) is 1.31. The number of esters is 1. The molecule has 1 aromatic carbocycles. The molecular formula is C21H33BrCl2O2. The summed E-state index contributed by atoms with van der Waals surface area (Å²) in [6, 6.07) is 3.07. The Balaban J connectivity index is 0.000000481. The lowest BCUT2D eigenvalue weighted by atomic mass is 10.1. The summed E-state index contributed by atoms with van der Waals surface area (Å²) in [5, 5.41) is 2.12. The zero-order valence-corrected chi connectivity index (χ0v) is 19.5. The van der Waals surface area contributed by atoms with Crippen molar-refractivity contribution in [1.82, 2.24) is 0 Å². The summed E-state index contributed by atoms with van der Waals surface area (Å²) >= 11 is 15.1. The first-order valence-corrected chi connectivity index (χ1v) is 11.5. The zero-order valence-electron chi connectivity index (χ0n) is 16.4. The molecular weight excluding hydrogens is 435 g/mol. The van der Waals surface area contributed by atoms with Crippen LogP contribution in [0, 0.1) is 6.92 Å². The van der Waals surface area contributed by atoms with Gasteiger partial charge in [-0.3, -0.25) is 0 Å². The van der Waals surface area contributed by atoms with Crippen molar-refractivity contribution in [2.45, 2.75) is 78.1 Å². The number of benzene rings is 1. The predicted molar refractivity (Wildman–Crippen MR) is 118 cm³/mol. The number of halogens is 3. The molecule has 0 heterocycles. The minimum Gasteiger partial charge on any atom is -0.465 e. The Morgan fingerprint density at radius 2 is 1.35 bits per heavy atom. The van der Waals surface area contributed by atoms with Crippen LogP contribution in [-0.4, -0.2) is 18.4 Å². The van der Waals surface area contributed by atoms with Gasteiger partial charge in [-0.2, -0.15) is 0 Å². The van der Waals surface area contributed by atoms with E-state index in [1.807, 2.05) is 0 Å². The van der Waals surface area contributed by atoms with Crippen LogP contribution in [-0.2, 0) is 4.74 Å². The van der Waals surface area contributed by atoms with Crippen LogP contribution in [0.5, 0.6) is 0 Å². The molecule has 26 heavy (non-hydrogen) atoms. The Hall–Kier alpha value is -0.250. The minimum atomic E-state index is -0.441. The fourth-order valence-corrected chi connectivity index (χ4v) is 3.35. The molecule has 0 aliphatic carbocycles. The highest BCUT2D eigenvalue weighted by Gasteiger charge is 2.10. The molecule has 1 aromatic rings. The second kappa shape index (κ2) is 16.9. The van der Waals surface area contributed by atoms with E-state index in [9.17, 15) is 4.79 Å². The van der Waals surface area contributed by atoms with Crippen molar-refractivity contribution in [3.63, 3.8) is 0 Å². The maximum atomic E-state index is 11.1. The lowest BCUT2D eigenvalue weighted by Gasteiger charge is -2.04. The average Bonchev–Trinajstić information content (AvgIpc) is 2.64. The Kier molecular flexibility index (Phi) is 16.7. The van der Waals surface area contributed by atoms with Gasteiger partial charge in [-0.25, -0.2) is 4.79 Å². The van der Waals surface area contributed by atoms with Gasteiger partial charge in [-0.15, -0.1) is 0 Å². The molecule has 0 saturated carbocycles. The molecule has 0 spiro atoms. The minimum absolute atomic E-state index is 0.364. The SMILES string of the molecule is CCCCCCCCCCCCBr.COC(=O)c1cc(Cl)c(C)c(Cl)c1. The summed E-state index contributed by atoms with van der Waals surface area (Å²) in [6.07, 6.45) is 14.3. The summed E-state index contributed by atoms with van der Waals surface area (Å²) in [6.45, 7) is 4.06. The van der Waals surface area contributed by atoms with Gasteiger partial charge >= 0.3 is 5.97 Å². The number of hydrogen-bond acceptors (Lipinski definition) is 2. The van der Waals surface area contributed by atoms with Crippen molar-refractivity contribution in [2.75, 3.05) is 12.4 Å². The summed E-state index contributed by atoms with van der Waals surface area (Å²) < 4.78 is 4.53. The van der Waals surface area contributed by atoms with E-state index >= 15 is 0 Å². The molecule has 0 aromatic heterocycles. The molecule has 0 atom stereocenters. The third-order valence-electron chi connectivity index (χ3n) is 4.19. The average molecular weight is 468 g/mol. The first-order chi connectivity index (χ1) is 12.5. The van der Waals surface area contributed by atoms with Crippen LogP contribution in [0.15, 0.2) is 12.1 Å². The summed E-state index contributed by atoms with van der Waals surface area (Å²) in [4.78, 5) is 11.1. The maximum absolute atomic E-state index is 11.1. The third kappa shape index (κ3) is 12.2. The fourth-order valence-electron chi connectivity index (χ4n) is 2.46. The first kappa shape index (κ1) is 25.8. The quantitative estimate of drug-likeness (QED) is 0.185. The third-order valence-corrected chi connectivity index (χ3v) is 5.54. The molecule has 0 radical (unpaired) electrons. The molecule has 1 rings (SSSR count). The summed E-state index contributed by atoms with van der Waals surface area (Å²) in [5.41, 5.74) is 1.12. The smallest absolute Gasteiger partial charge is 0.337 e. The van der Waals surface area contributed by atoms with E-state index < -0.39 is 5.97 Å². The number of methoxy groups -OCH3 is 1. The van der Waals surface area contributed by atoms with Crippen molar-refractivity contribution < 1.29 is 9.53 Å². The standard InChI is InChI=1S/C12H25Br.C9H8Cl2O2/c1-2-3-4-5-6-7-8-9-10-11-12-13;1-5-7(10)3-6(4-8(5)11)9(12)13-2/h2-12H2,1H3;3-4H,1-2H3. The molecule has 0 aliphatic heterocycles. The second-order valence-electron chi connectivity index (χ2n) is 6.43. The highest BCUT2D eigenvalue weighted by atomic mass is 79.9. The second-order valence-corrected chi connectivity index (χ2v) is 8.03. The molecule has 0 fully saturated rings. The van der Waals surface area contributed by atoms with Crippen LogP contribution in [0.3, 0.4) is 0 Å². The Bertz CT molecular complexity index is 474. The number of unbranched alkanes of at least 4 members (excludes halogenated alkanes) is 9. The number of carbonyl (C=O) groups excluding carboxylic acids is 1. The van der Waals surface area contributed by atoms with E-state index in [0.717, 1.165) is 5.56 Å². The Morgan fingerprint density at radius 1 is 0.923 bits per heavy atom. The van der Waals surface area contributed by atoms with E-state index in [2.05, 4.69) is 27.6 Å². The Labute approximate surface area is 178 Å². The van der Waals surface area contributed by atoms with Gasteiger partial charge in [0.25, 0.3) is 0 Å². The van der Waals surface area contributed by atoms with Gasteiger partial charge in [0.05, 0.1) is 12.7 Å². The van der Waals surface area contributed by atoms with Gasteiger partial charge in [0, 0.05) is 15.4 Å². The summed E-state index contributed by atoms with van der Waals surface area (Å²) in [5.74, 6) is -0.441. The van der Waals surface area contributed by atoms with Gasteiger partial charge in [-0.05, 0) is 31.0 Å². The number of hydrogen-bond donors (Lipinski definition) is 0. The topological polar surface area (TPSA) is 26.3 Å². The molecule has 0 bridgehead atoms. The fraction of sp³-hybridized carbons (Fsp3) is 0.667. The molecule has 0 unspecified atom stereocenters. The first-order valence-electron chi connectivity index (χ1n) is 9.57. The van der Waals surface area contributed by atoms with Crippen LogP contribution in [0.2, 0.25) is 10.0 Å². The van der Waals surface area contributed by atoms with Gasteiger partial charge in [-0.1, -0.05) is 104 Å². The molecule has 0 aliphatic rings. The maximum Gasteiger partial charge on any atom is 0.337 e. The number of ether oxygens (including phenoxy) is 1.